The molecule has 1 aromatic rings. The molecular weight excluding hydrogens is 271 g/mol. The summed E-state index contributed by atoms with van der Waals surface area (Å²) in [6, 6.07) is 4.85. The van der Waals surface area contributed by atoms with E-state index in [0.29, 0.717) is 13.1 Å². The molecule has 1 amide bonds. The van der Waals surface area contributed by atoms with E-state index < -0.39 is 0 Å². The highest BCUT2D eigenvalue weighted by molar-refractivity contribution is 5.79. The number of ether oxygens (including phenoxy) is 1. The molecule has 1 heterocycles. The van der Waals surface area contributed by atoms with Crippen molar-refractivity contribution >= 4 is 5.91 Å². The lowest BCUT2D eigenvalue weighted by molar-refractivity contribution is -0.136. The zero-order valence-corrected chi connectivity index (χ0v) is 12.7. The Labute approximate surface area is 125 Å². The van der Waals surface area contributed by atoms with Crippen molar-refractivity contribution in [3.05, 3.63) is 29.6 Å². The van der Waals surface area contributed by atoms with E-state index in [1.165, 1.54) is 13.2 Å². The minimum atomic E-state index is -0.389. The van der Waals surface area contributed by atoms with Gasteiger partial charge < -0.3 is 15.0 Å². The first kappa shape index (κ1) is 15.8. The number of rotatable bonds is 5. The molecular formula is C16H23FN2O2. The minimum Gasteiger partial charge on any atom is -0.494 e. The number of carbonyl (C=O) groups excluding carboxylic acids is 1. The summed E-state index contributed by atoms with van der Waals surface area (Å²) < 4.78 is 18.6. The summed E-state index contributed by atoms with van der Waals surface area (Å²) in [5.41, 5.74) is 0.789. The lowest BCUT2D eigenvalue weighted by atomic mass is 9.96. The molecule has 0 spiro atoms. The number of nitrogens with one attached hydrogen (secondary N) is 1. The lowest BCUT2D eigenvalue weighted by Crippen LogP contribution is -2.40. The van der Waals surface area contributed by atoms with Crippen LogP contribution in [0.4, 0.5) is 4.39 Å². The fourth-order valence-electron chi connectivity index (χ4n) is 2.70. The Morgan fingerprint density at radius 1 is 1.43 bits per heavy atom. The van der Waals surface area contributed by atoms with Crippen molar-refractivity contribution in [3.63, 3.8) is 0 Å². The normalized spacial score (nSPS) is 15.8. The van der Waals surface area contributed by atoms with Crippen LogP contribution in [0.3, 0.4) is 0 Å². The Morgan fingerprint density at radius 2 is 2.14 bits per heavy atom. The molecule has 21 heavy (non-hydrogen) atoms. The van der Waals surface area contributed by atoms with Crippen molar-refractivity contribution in [3.8, 4) is 5.75 Å². The van der Waals surface area contributed by atoms with Crippen molar-refractivity contribution in [1.82, 2.24) is 10.2 Å². The Morgan fingerprint density at radius 3 is 2.71 bits per heavy atom. The van der Waals surface area contributed by atoms with E-state index in [2.05, 4.69) is 5.32 Å². The van der Waals surface area contributed by atoms with Gasteiger partial charge in [-0.2, -0.15) is 0 Å². The second kappa shape index (κ2) is 7.41. The third kappa shape index (κ3) is 3.94. The second-order valence-corrected chi connectivity index (χ2v) is 5.35. The molecule has 0 bridgehead atoms. The third-order valence-corrected chi connectivity index (χ3v) is 3.97. The van der Waals surface area contributed by atoms with Crippen LogP contribution in [-0.2, 0) is 11.3 Å². The predicted octanol–water partition coefficient (Wildman–Crippen LogP) is 2.18. The van der Waals surface area contributed by atoms with Crippen molar-refractivity contribution < 1.29 is 13.9 Å². The highest BCUT2D eigenvalue weighted by Crippen LogP contribution is 2.21. The first-order valence-corrected chi connectivity index (χ1v) is 7.47. The molecule has 1 N–H and O–H groups in total. The van der Waals surface area contributed by atoms with E-state index in [-0.39, 0.29) is 23.4 Å². The van der Waals surface area contributed by atoms with Crippen LogP contribution in [0.2, 0.25) is 0 Å². The van der Waals surface area contributed by atoms with Gasteiger partial charge >= 0.3 is 0 Å². The number of hydrogen-bond acceptors (Lipinski definition) is 3. The van der Waals surface area contributed by atoms with Crippen molar-refractivity contribution in [2.45, 2.75) is 26.3 Å². The monoisotopic (exact) mass is 294 g/mol. The molecule has 0 aromatic heterocycles. The Kier molecular flexibility index (Phi) is 5.56. The Balaban J connectivity index is 2.04. The maximum Gasteiger partial charge on any atom is 0.226 e. The van der Waals surface area contributed by atoms with E-state index >= 15 is 0 Å². The Hall–Kier alpha value is -1.62. The highest BCUT2D eigenvalue weighted by atomic mass is 19.1. The van der Waals surface area contributed by atoms with Gasteiger partial charge in [0.2, 0.25) is 5.91 Å². The summed E-state index contributed by atoms with van der Waals surface area (Å²) >= 11 is 0. The molecule has 0 unspecified atom stereocenters. The Bertz CT molecular complexity index is 487. The molecule has 2 rings (SSSR count). The van der Waals surface area contributed by atoms with Gasteiger partial charge in [0.05, 0.1) is 7.11 Å². The lowest BCUT2D eigenvalue weighted by Gasteiger charge is -2.29. The van der Waals surface area contributed by atoms with Crippen LogP contribution in [0.25, 0.3) is 0 Å². The van der Waals surface area contributed by atoms with Crippen molar-refractivity contribution in [1.29, 1.82) is 0 Å². The fourth-order valence-corrected chi connectivity index (χ4v) is 2.70. The van der Waals surface area contributed by atoms with Crippen molar-refractivity contribution in [2.75, 3.05) is 26.7 Å². The average Bonchev–Trinajstić information content (AvgIpc) is 2.53. The minimum absolute atomic E-state index is 0.0919. The quantitative estimate of drug-likeness (QED) is 0.905. The van der Waals surface area contributed by atoms with Gasteiger partial charge in [-0.3, -0.25) is 4.79 Å². The second-order valence-electron chi connectivity index (χ2n) is 5.35. The maximum atomic E-state index is 13.7. The molecule has 0 saturated carbocycles. The molecule has 1 fully saturated rings. The van der Waals surface area contributed by atoms with Crippen LogP contribution in [0.1, 0.15) is 25.3 Å². The molecule has 1 saturated heterocycles. The summed E-state index contributed by atoms with van der Waals surface area (Å²) in [5.74, 6) is 0.108. The number of hydrogen-bond donors (Lipinski definition) is 1. The van der Waals surface area contributed by atoms with Crippen LogP contribution in [-0.4, -0.2) is 37.6 Å². The van der Waals surface area contributed by atoms with E-state index in [0.717, 1.165) is 31.5 Å². The number of benzene rings is 1. The standard InChI is InChI=1S/C16H23FN2O2/c1-3-19(16(20)13-6-8-18-9-7-13)11-12-4-5-15(21-2)14(17)10-12/h4-5,10,13,18H,3,6-9,11H2,1-2H3. The molecule has 116 valence electrons. The zero-order valence-electron chi connectivity index (χ0n) is 12.7. The summed E-state index contributed by atoms with van der Waals surface area (Å²) in [6.07, 6.45) is 1.76. The smallest absolute Gasteiger partial charge is 0.226 e. The molecule has 1 aromatic carbocycles. The summed E-state index contributed by atoms with van der Waals surface area (Å²) in [6.45, 7) is 4.83. The van der Waals surface area contributed by atoms with E-state index in [1.807, 2.05) is 6.92 Å². The van der Waals surface area contributed by atoms with Crippen molar-refractivity contribution in [2.24, 2.45) is 5.92 Å². The van der Waals surface area contributed by atoms with E-state index in [1.54, 1.807) is 17.0 Å². The number of amides is 1. The first-order chi connectivity index (χ1) is 10.2. The fraction of sp³-hybridized carbons (Fsp3) is 0.562. The largest absolute Gasteiger partial charge is 0.494 e. The number of carbonyl (C=O) groups is 1. The van der Waals surface area contributed by atoms with Crippen LogP contribution < -0.4 is 10.1 Å². The number of halogens is 1. The predicted molar refractivity (Wildman–Crippen MR) is 79.6 cm³/mol. The molecule has 1 aliphatic rings. The van der Waals surface area contributed by atoms with Gasteiger partial charge in [-0.05, 0) is 50.6 Å². The van der Waals surface area contributed by atoms with Gasteiger partial charge in [-0.15, -0.1) is 0 Å². The molecule has 1 aliphatic heterocycles. The van der Waals surface area contributed by atoms with Gasteiger partial charge in [-0.25, -0.2) is 4.39 Å². The maximum absolute atomic E-state index is 13.7. The van der Waals surface area contributed by atoms with E-state index in [9.17, 15) is 9.18 Å². The summed E-state index contributed by atoms with van der Waals surface area (Å²) in [7, 11) is 1.44. The van der Waals surface area contributed by atoms with Crippen LogP contribution in [0.5, 0.6) is 5.75 Å². The molecule has 0 radical (unpaired) electrons. The zero-order chi connectivity index (χ0) is 15.2. The van der Waals surface area contributed by atoms with Crippen LogP contribution in [0.15, 0.2) is 18.2 Å². The SMILES string of the molecule is CCN(Cc1ccc(OC)c(F)c1)C(=O)C1CCNCC1. The summed E-state index contributed by atoms with van der Waals surface area (Å²) in [4.78, 5) is 14.3. The number of piperidine rings is 1. The van der Waals surface area contributed by atoms with Gasteiger partial charge in [0.25, 0.3) is 0 Å². The number of nitrogens with zero attached hydrogens (tertiary/aromatic N) is 1. The third-order valence-electron chi connectivity index (χ3n) is 3.97. The molecule has 0 aliphatic carbocycles. The average molecular weight is 294 g/mol. The molecule has 5 heteroatoms. The van der Waals surface area contributed by atoms with Gasteiger partial charge in [0, 0.05) is 19.0 Å². The highest BCUT2D eigenvalue weighted by Gasteiger charge is 2.25. The van der Waals surface area contributed by atoms with Gasteiger partial charge in [0.1, 0.15) is 0 Å². The number of methoxy groups -OCH3 is 1. The van der Waals surface area contributed by atoms with Gasteiger partial charge in [0.15, 0.2) is 11.6 Å². The first-order valence-electron chi connectivity index (χ1n) is 7.47. The topological polar surface area (TPSA) is 41.6 Å². The van der Waals surface area contributed by atoms with E-state index in [4.69, 9.17) is 4.74 Å². The molecule has 4 nitrogen and oxygen atoms in total. The van der Waals surface area contributed by atoms with Gasteiger partial charge in [-0.1, -0.05) is 6.07 Å². The molecule has 0 atom stereocenters. The van der Waals surface area contributed by atoms with Crippen LogP contribution >= 0.6 is 0 Å². The van der Waals surface area contributed by atoms with Crippen LogP contribution in [0, 0.1) is 11.7 Å². The summed E-state index contributed by atoms with van der Waals surface area (Å²) in [5, 5.41) is 3.26.